The minimum absolute atomic E-state index is 0.0556. The molecule has 1 aliphatic carbocycles. The van der Waals surface area contributed by atoms with Crippen molar-refractivity contribution < 1.29 is 71.5 Å². The number of hydrogen-bond donors (Lipinski definition) is 0. The second-order valence-corrected chi connectivity index (χ2v) is 16.4. The van der Waals surface area contributed by atoms with E-state index in [0.29, 0.717) is 22.8 Å². The van der Waals surface area contributed by atoms with Gasteiger partial charge in [0.15, 0.2) is 0 Å². The van der Waals surface area contributed by atoms with Crippen LogP contribution in [0.2, 0.25) is 0 Å². The van der Waals surface area contributed by atoms with Crippen LogP contribution in [0, 0.1) is 17.3 Å². The Morgan fingerprint density at radius 3 is 1.72 bits per heavy atom. The largest absolute Gasteiger partial charge is 0.493 e. The van der Waals surface area contributed by atoms with E-state index in [0.717, 1.165) is 69.8 Å². The van der Waals surface area contributed by atoms with Gasteiger partial charge in [0.2, 0.25) is 0 Å². The molecule has 3 rings (SSSR count). The van der Waals surface area contributed by atoms with Crippen LogP contribution in [0.4, 0.5) is 0 Å². The number of methoxy groups -OCH3 is 2. The summed E-state index contributed by atoms with van der Waals surface area (Å²) in [7, 11) is 2.25. The number of rotatable bonds is 24. The molecule has 0 atom stereocenters. The number of esters is 7. The summed E-state index contributed by atoms with van der Waals surface area (Å²) >= 11 is 0. The van der Waals surface area contributed by atoms with Crippen LogP contribution >= 0.6 is 0 Å². The predicted octanol–water partition coefficient (Wildman–Crippen LogP) is 8.28. The molecule has 0 N–H and O–H groups in total. The van der Waals surface area contributed by atoms with Gasteiger partial charge >= 0.3 is 41.8 Å². The molecule has 0 aromatic heterocycles. The fraction of sp³-hybridized carbons (Fsp3) is 0.460. The lowest BCUT2D eigenvalue weighted by Crippen LogP contribution is -2.44. The van der Waals surface area contributed by atoms with E-state index in [4.69, 9.17) is 28.4 Å². The fourth-order valence-corrected chi connectivity index (χ4v) is 6.66. The van der Waals surface area contributed by atoms with E-state index in [1.165, 1.54) is 32.6 Å². The van der Waals surface area contributed by atoms with Gasteiger partial charge in [0.25, 0.3) is 0 Å². The normalized spacial score (nSPS) is 14.9. The molecule has 15 nitrogen and oxygen atoms in total. The van der Waals surface area contributed by atoms with Crippen LogP contribution in [0.15, 0.2) is 85.0 Å². The monoisotopic (exact) mass is 902 g/mol. The summed E-state index contributed by atoms with van der Waals surface area (Å²) in [4.78, 5) is 87.2. The molecule has 0 aliphatic heterocycles. The van der Waals surface area contributed by atoms with Gasteiger partial charge in [-0.1, -0.05) is 71.7 Å². The van der Waals surface area contributed by atoms with E-state index < -0.39 is 72.9 Å². The molecule has 0 radical (unpaired) electrons. The van der Waals surface area contributed by atoms with E-state index in [-0.39, 0.29) is 35.2 Å². The van der Waals surface area contributed by atoms with Crippen molar-refractivity contribution in [3.05, 3.63) is 90.6 Å². The van der Waals surface area contributed by atoms with Crippen LogP contribution in [-0.4, -0.2) is 82.4 Å². The van der Waals surface area contributed by atoms with Gasteiger partial charge in [-0.15, -0.1) is 0 Å². The number of unbranched alkanes of at least 4 members (excludes halogenated alkanes) is 2. The van der Waals surface area contributed by atoms with Gasteiger partial charge in [0.05, 0.1) is 20.1 Å². The highest BCUT2D eigenvalue weighted by Gasteiger charge is 2.37. The van der Waals surface area contributed by atoms with Crippen molar-refractivity contribution in [2.45, 2.75) is 91.9 Å². The van der Waals surface area contributed by atoms with Crippen LogP contribution < -0.4 is 14.2 Å². The Bertz CT molecular complexity index is 2040. The van der Waals surface area contributed by atoms with E-state index in [1.54, 1.807) is 57.2 Å². The standard InChI is InChI=1S/C50H62O15/c1-10-11-12-13-35-14-16-36(17-15-35)39-26-42(65-49(57)34(6)7)40(27-41(39)64-48(56)33(4)5)37-18-20-38(21-19-37)60-28-50(31-63-47(55)32(2)3,29-61-45(53)24-22-43(51)58-8)30-62-46(54)25-23-44(52)59-9/h18-27,33,35-36H,2,6,10-17,28-31H2,1,3-5,7-9H3/b24-22+,25-23+. The van der Waals surface area contributed by atoms with Gasteiger partial charge in [-0.05, 0) is 81.2 Å². The average molecular weight is 903 g/mol. The smallest absolute Gasteiger partial charge is 0.338 e. The topological polar surface area (TPSA) is 193 Å². The molecule has 0 unspecified atom stereocenters. The number of hydrogen-bond acceptors (Lipinski definition) is 15. The minimum atomic E-state index is -1.57. The molecular weight excluding hydrogens is 841 g/mol. The maximum Gasteiger partial charge on any atom is 0.338 e. The number of carbonyl (C=O) groups is 7. The Morgan fingerprint density at radius 1 is 0.677 bits per heavy atom. The summed E-state index contributed by atoms with van der Waals surface area (Å²) in [5.41, 5.74) is 0.475. The van der Waals surface area contributed by atoms with Crippen LogP contribution in [0.5, 0.6) is 17.2 Å². The van der Waals surface area contributed by atoms with Crippen molar-refractivity contribution >= 4 is 41.8 Å². The molecule has 1 fully saturated rings. The fourth-order valence-electron chi connectivity index (χ4n) is 6.66. The summed E-state index contributed by atoms with van der Waals surface area (Å²) in [5, 5.41) is 0. The van der Waals surface area contributed by atoms with E-state index in [9.17, 15) is 33.6 Å². The lowest BCUT2D eigenvalue weighted by Gasteiger charge is -2.31. The zero-order chi connectivity index (χ0) is 48.1. The molecule has 0 heterocycles. The first-order chi connectivity index (χ1) is 30.9. The SMILES string of the molecule is C=C(C)C(=O)OCC(COC(=O)/C=C/C(=O)OC)(COC(=O)/C=C/C(=O)OC)COc1ccc(-c2cc(OC(=O)C(C)C)c(C3CCC(CCCCC)CC3)cc2OC(=O)C(=C)C)cc1. The van der Waals surface area contributed by atoms with Gasteiger partial charge < -0.3 is 37.9 Å². The van der Waals surface area contributed by atoms with E-state index in [2.05, 4.69) is 29.6 Å². The third-order valence-electron chi connectivity index (χ3n) is 10.6. The highest BCUT2D eigenvalue weighted by Crippen LogP contribution is 2.46. The Kier molecular flexibility index (Phi) is 21.4. The van der Waals surface area contributed by atoms with Crippen molar-refractivity contribution in [3.63, 3.8) is 0 Å². The summed E-state index contributed by atoms with van der Waals surface area (Å²) in [5.74, 6) is -4.24. The molecular formula is C50H62O15. The second kappa shape index (κ2) is 26.3. The molecule has 15 heteroatoms. The number of ether oxygens (including phenoxy) is 8. The molecule has 2 aromatic carbocycles. The van der Waals surface area contributed by atoms with Crippen molar-refractivity contribution in [2.75, 3.05) is 40.6 Å². The van der Waals surface area contributed by atoms with Crippen LogP contribution in [-0.2, 0) is 57.2 Å². The van der Waals surface area contributed by atoms with Crippen LogP contribution in [0.25, 0.3) is 11.1 Å². The highest BCUT2D eigenvalue weighted by molar-refractivity contribution is 5.93. The van der Waals surface area contributed by atoms with Crippen molar-refractivity contribution in [1.82, 2.24) is 0 Å². The Balaban J connectivity index is 2.05. The maximum atomic E-state index is 13.1. The number of carbonyl (C=O) groups excluding carboxylic acids is 7. The molecule has 1 saturated carbocycles. The summed E-state index contributed by atoms with van der Waals surface area (Å²) < 4.78 is 43.5. The summed E-state index contributed by atoms with van der Waals surface area (Å²) in [6, 6.07) is 10.1. The second-order valence-electron chi connectivity index (χ2n) is 16.4. The first-order valence-electron chi connectivity index (χ1n) is 21.6. The maximum absolute atomic E-state index is 13.1. The number of benzene rings is 2. The first kappa shape index (κ1) is 52.8. The Hall–Kier alpha value is -6.51. The zero-order valence-corrected chi connectivity index (χ0v) is 38.5. The zero-order valence-electron chi connectivity index (χ0n) is 38.5. The molecule has 1 aliphatic rings. The van der Waals surface area contributed by atoms with E-state index >= 15 is 0 Å². The van der Waals surface area contributed by atoms with Crippen LogP contribution in [0.3, 0.4) is 0 Å². The predicted molar refractivity (Wildman–Crippen MR) is 240 cm³/mol. The van der Waals surface area contributed by atoms with Gasteiger partial charge in [0, 0.05) is 46.6 Å². The molecule has 0 bridgehead atoms. The molecule has 65 heavy (non-hydrogen) atoms. The third-order valence-corrected chi connectivity index (χ3v) is 10.6. The van der Waals surface area contributed by atoms with Gasteiger partial charge in [-0.25, -0.2) is 28.8 Å². The summed E-state index contributed by atoms with van der Waals surface area (Å²) in [6.07, 6.45) is 12.0. The minimum Gasteiger partial charge on any atom is -0.493 e. The van der Waals surface area contributed by atoms with Gasteiger partial charge in [0.1, 0.15) is 49.1 Å². The molecule has 0 saturated heterocycles. The quantitative estimate of drug-likeness (QED) is 0.0321. The third kappa shape index (κ3) is 17.5. The lowest BCUT2D eigenvalue weighted by molar-refractivity contribution is -0.159. The molecule has 0 amide bonds. The molecule has 352 valence electrons. The lowest BCUT2D eigenvalue weighted by atomic mass is 9.76. The van der Waals surface area contributed by atoms with E-state index in [1.807, 2.05) is 0 Å². The first-order valence-corrected chi connectivity index (χ1v) is 21.6. The molecule has 2 aromatic rings. The van der Waals surface area contributed by atoms with Crippen molar-refractivity contribution in [1.29, 1.82) is 0 Å². The highest BCUT2D eigenvalue weighted by atomic mass is 16.6. The van der Waals surface area contributed by atoms with Crippen molar-refractivity contribution in [2.24, 2.45) is 17.3 Å². The van der Waals surface area contributed by atoms with Gasteiger partial charge in [-0.2, -0.15) is 0 Å². The Morgan fingerprint density at radius 2 is 1.22 bits per heavy atom. The Labute approximate surface area is 381 Å². The van der Waals surface area contributed by atoms with Crippen molar-refractivity contribution in [3.8, 4) is 28.4 Å². The average Bonchev–Trinajstić information content (AvgIpc) is 3.29. The summed E-state index contributed by atoms with van der Waals surface area (Å²) in [6.45, 7) is 14.0. The van der Waals surface area contributed by atoms with Crippen LogP contribution in [0.1, 0.15) is 97.5 Å². The van der Waals surface area contributed by atoms with Gasteiger partial charge in [-0.3, -0.25) is 4.79 Å². The molecule has 0 spiro atoms.